The van der Waals surface area contributed by atoms with Gasteiger partial charge in [-0.1, -0.05) is 0 Å². The number of primary amides is 1. The van der Waals surface area contributed by atoms with Crippen LogP contribution in [0.5, 0.6) is 0 Å². The van der Waals surface area contributed by atoms with E-state index in [1.54, 1.807) is 0 Å². The Kier molecular flexibility index (Phi) is 4.52. The van der Waals surface area contributed by atoms with Crippen molar-refractivity contribution in [3.63, 3.8) is 0 Å². The number of benzene rings is 1. The minimum atomic E-state index is -0.597. The minimum absolute atomic E-state index is 0.0469. The average Bonchev–Trinajstić information content (AvgIpc) is 2.91. The highest BCUT2D eigenvalue weighted by molar-refractivity contribution is 5.94. The van der Waals surface area contributed by atoms with E-state index < -0.39 is 10.8 Å². The summed E-state index contributed by atoms with van der Waals surface area (Å²) in [6, 6.07) is 4.56. The van der Waals surface area contributed by atoms with Crippen molar-refractivity contribution < 1.29 is 9.72 Å². The Bertz CT molecular complexity index is 512. The Labute approximate surface area is 116 Å². The maximum absolute atomic E-state index is 11.1. The summed E-state index contributed by atoms with van der Waals surface area (Å²) in [5.41, 5.74) is 5.74. The topological polar surface area (TPSA) is 110 Å². The van der Waals surface area contributed by atoms with Crippen LogP contribution in [0.15, 0.2) is 18.2 Å². The maximum Gasteiger partial charge on any atom is 0.292 e. The summed E-state index contributed by atoms with van der Waals surface area (Å²) in [5.74, 6) is -0.597. The van der Waals surface area contributed by atoms with Crippen LogP contribution in [-0.4, -0.2) is 30.0 Å². The van der Waals surface area contributed by atoms with E-state index in [0.29, 0.717) is 18.3 Å². The third kappa shape index (κ3) is 3.45. The molecule has 0 bridgehead atoms. The zero-order valence-electron chi connectivity index (χ0n) is 11.1. The first-order valence-electron chi connectivity index (χ1n) is 6.63. The van der Waals surface area contributed by atoms with Gasteiger partial charge in [-0.25, -0.2) is 0 Å². The second-order valence-corrected chi connectivity index (χ2v) is 4.86. The summed E-state index contributed by atoms with van der Waals surface area (Å²) in [6.07, 6.45) is 3.19. The van der Waals surface area contributed by atoms with Crippen molar-refractivity contribution in [3.05, 3.63) is 33.9 Å². The number of hydrogen-bond donors (Lipinski definition) is 3. The zero-order chi connectivity index (χ0) is 14.5. The first-order valence-corrected chi connectivity index (χ1v) is 6.63. The highest BCUT2D eigenvalue weighted by atomic mass is 16.6. The summed E-state index contributed by atoms with van der Waals surface area (Å²) in [5, 5.41) is 17.3. The second kappa shape index (κ2) is 6.33. The first kappa shape index (κ1) is 14.3. The molecule has 1 aliphatic heterocycles. The first-order chi connectivity index (χ1) is 9.58. The molecular formula is C13H18N4O3. The van der Waals surface area contributed by atoms with E-state index in [1.165, 1.54) is 24.6 Å². The van der Waals surface area contributed by atoms with Gasteiger partial charge >= 0.3 is 0 Å². The van der Waals surface area contributed by atoms with Crippen molar-refractivity contribution in [2.45, 2.75) is 25.3 Å². The lowest BCUT2D eigenvalue weighted by molar-refractivity contribution is -0.384. The molecule has 4 N–H and O–H groups in total. The van der Waals surface area contributed by atoms with Gasteiger partial charge < -0.3 is 16.4 Å². The number of nitro benzene ring substituents is 1. The number of amides is 1. The van der Waals surface area contributed by atoms with Crippen LogP contribution in [0.4, 0.5) is 11.4 Å². The summed E-state index contributed by atoms with van der Waals surface area (Å²) < 4.78 is 0. The monoisotopic (exact) mass is 278 g/mol. The fraction of sp³-hybridized carbons (Fsp3) is 0.462. The molecule has 7 nitrogen and oxygen atoms in total. The highest BCUT2D eigenvalue weighted by Crippen LogP contribution is 2.25. The molecule has 7 heteroatoms. The van der Waals surface area contributed by atoms with E-state index in [1.807, 2.05) is 0 Å². The fourth-order valence-electron chi connectivity index (χ4n) is 2.37. The minimum Gasteiger partial charge on any atom is -0.379 e. The smallest absolute Gasteiger partial charge is 0.292 e. The van der Waals surface area contributed by atoms with Gasteiger partial charge in [0.05, 0.1) is 4.92 Å². The number of hydrogen-bond acceptors (Lipinski definition) is 5. The number of nitrogens with one attached hydrogen (secondary N) is 2. The van der Waals surface area contributed by atoms with E-state index in [2.05, 4.69) is 10.6 Å². The third-order valence-electron chi connectivity index (χ3n) is 3.45. The van der Waals surface area contributed by atoms with Crippen LogP contribution in [0.25, 0.3) is 0 Å². The Morgan fingerprint density at radius 3 is 2.95 bits per heavy atom. The molecule has 1 aliphatic rings. The number of nitrogens with two attached hydrogens (primary N) is 1. The van der Waals surface area contributed by atoms with E-state index in [-0.39, 0.29) is 11.3 Å². The van der Waals surface area contributed by atoms with Crippen LogP contribution in [0, 0.1) is 10.1 Å². The summed E-state index contributed by atoms with van der Waals surface area (Å²) >= 11 is 0. The molecule has 20 heavy (non-hydrogen) atoms. The van der Waals surface area contributed by atoms with Crippen LogP contribution in [0.2, 0.25) is 0 Å². The molecule has 0 unspecified atom stereocenters. The lowest BCUT2D eigenvalue weighted by Gasteiger charge is -2.12. The molecule has 1 fully saturated rings. The van der Waals surface area contributed by atoms with Gasteiger partial charge in [0.15, 0.2) is 0 Å². The normalized spacial score (nSPS) is 17.9. The van der Waals surface area contributed by atoms with Crippen molar-refractivity contribution >= 4 is 17.3 Å². The van der Waals surface area contributed by atoms with Crippen LogP contribution >= 0.6 is 0 Å². The van der Waals surface area contributed by atoms with Gasteiger partial charge in [0.2, 0.25) is 5.91 Å². The number of carbonyl (C=O) groups excluding carboxylic acids is 1. The van der Waals surface area contributed by atoms with E-state index in [9.17, 15) is 14.9 Å². The third-order valence-corrected chi connectivity index (χ3v) is 3.45. The lowest BCUT2D eigenvalue weighted by atomic mass is 10.1. The largest absolute Gasteiger partial charge is 0.379 e. The molecule has 1 atom stereocenters. The number of nitrogens with zero attached hydrogens (tertiary/aromatic N) is 1. The van der Waals surface area contributed by atoms with Gasteiger partial charge in [0, 0.05) is 24.2 Å². The molecule has 1 amide bonds. The Morgan fingerprint density at radius 2 is 2.35 bits per heavy atom. The summed E-state index contributed by atoms with van der Waals surface area (Å²) in [6.45, 7) is 1.64. The number of carbonyl (C=O) groups is 1. The molecule has 1 aromatic rings. The molecular weight excluding hydrogens is 260 g/mol. The van der Waals surface area contributed by atoms with Gasteiger partial charge in [-0.15, -0.1) is 0 Å². The number of rotatable bonds is 6. The van der Waals surface area contributed by atoms with Crippen molar-refractivity contribution in [3.8, 4) is 0 Å². The van der Waals surface area contributed by atoms with E-state index in [4.69, 9.17) is 5.73 Å². The van der Waals surface area contributed by atoms with Crippen LogP contribution in [0.3, 0.4) is 0 Å². The molecule has 0 aromatic heterocycles. The lowest BCUT2D eigenvalue weighted by Crippen LogP contribution is -2.24. The Balaban J connectivity index is 2.04. The quantitative estimate of drug-likeness (QED) is 0.535. The zero-order valence-corrected chi connectivity index (χ0v) is 11.1. The van der Waals surface area contributed by atoms with E-state index >= 15 is 0 Å². The van der Waals surface area contributed by atoms with E-state index in [0.717, 1.165) is 19.4 Å². The standard InChI is InChI=1S/C13H18N4O3/c14-13(18)9-3-4-12(17(19)20)11(8-9)16-7-5-10-2-1-6-15-10/h3-4,8,10,15-16H,1-2,5-7H2,(H2,14,18)/t10-/m1/s1. The SMILES string of the molecule is NC(=O)c1ccc([N+](=O)[O-])c(NCC[C@H]2CCCN2)c1. The predicted octanol–water partition coefficient (Wildman–Crippen LogP) is 1.25. The van der Waals surface area contributed by atoms with Crippen molar-refractivity contribution in [1.82, 2.24) is 5.32 Å². The van der Waals surface area contributed by atoms with Gasteiger partial charge in [-0.3, -0.25) is 14.9 Å². The Morgan fingerprint density at radius 1 is 1.55 bits per heavy atom. The molecule has 1 heterocycles. The molecule has 2 rings (SSSR count). The van der Waals surface area contributed by atoms with Crippen molar-refractivity contribution in [2.75, 3.05) is 18.4 Å². The van der Waals surface area contributed by atoms with Gasteiger partial charge in [0.1, 0.15) is 5.69 Å². The van der Waals surface area contributed by atoms with Crippen molar-refractivity contribution in [2.24, 2.45) is 5.73 Å². The molecule has 0 aliphatic carbocycles. The van der Waals surface area contributed by atoms with Gasteiger partial charge in [-0.05, 0) is 37.9 Å². The Hall–Kier alpha value is -2.15. The molecule has 0 saturated carbocycles. The van der Waals surface area contributed by atoms with Gasteiger partial charge in [0.25, 0.3) is 5.69 Å². The van der Waals surface area contributed by atoms with Crippen molar-refractivity contribution in [1.29, 1.82) is 0 Å². The highest BCUT2D eigenvalue weighted by Gasteiger charge is 2.17. The molecule has 108 valence electrons. The summed E-state index contributed by atoms with van der Waals surface area (Å²) in [7, 11) is 0. The second-order valence-electron chi connectivity index (χ2n) is 4.86. The average molecular weight is 278 g/mol. The fourth-order valence-corrected chi connectivity index (χ4v) is 2.37. The van der Waals surface area contributed by atoms with Crippen LogP contribution in [-0.2, 0) is 0 Å². The molecule has 0 radical (unpaired) electrons. The maximum atomic E-state index is 11.1. The predicted molar refractivity (Wildman–Crippen MR) is 75.7 cm³/mol. The number of anilines is 1. The molecule has 0 spiro atoms. The van der Waals surface area contributed by atoms with Crippen LogP contribution < -0.4 is 16.4 Å². The molecule has 1 aromatic carbocycles. The van der Waals surface area contributed by atoms with Gasteiger partial charge in [-0.2, -0.15) is 0 Å². The van der Waals surface area contributed by atoms with Crippen LogP contribution in [0.1, 0.15) is 29.6 Å². The number of nitro groups is 1. The summed E-state index contributed by atoms with van der Waals surface area (Å²) in [4.78, 5) is 21.6. The molecule has 1 saturated heterocycles.